The van der Waals surface area contributed by atoms with E-state index in [4.69, 9.17) is 10.5 Å². The Hall–Kier alpha value is -4.19. The summed E-state index contributed by atoms with van der Waals surface area (Å²) in [6.07, 6.45) is 0.778. The van der Waals surface area contributed by atoms with Crippen LogP contribution in [0.25, 0.3) is 11.1 Å². The Labute approximate surface area is 220 Å². The van der Waals surface area contributed by atoms with Gasteiger partial charge in [-0.3, -0.25) is 14.4 Å². The van der Waals surface area contributed by atoms with Crippen LogP contribution in [-0.2, 0) is 4.79 Å². The van der Waals surface area contributed by atoms with Crippen molar-refractivity contribution in [2.45, 2.75) is 32.7 Å². The number of ketones is 1. The number of rotatable bonds is 12. The third-order valence-electron chi connectivity index (χ3n) is 5.76. The number of carboxylic acids is 1. The lowest BCUT2D eigenvalue weighted by Gasteiger charge is -2.16. The molecule has 0 bridgehead atoms. The normalized spacial score (nSPS) is 12.0. The molecule has 0 aliphatic carbocycles. The summed E-state index contributed by atoms with van der Waals surface area (Å²) in [7, 11) is 0. The van der Waals surface area contributed by atoms with Gasteiger partial charge in [0, 0.05) is 18.2 Å². The highest BCUT2D eigenvalue weighted by atomic mass is 19.1. The van der Waals surface area contributed by atoms with Crippen LogP contribution in [0.15, 0.2) is 41.2 Å². The van der Waals surface area contributed by atoms with Gasteiger partial charge in [0.15, 0.2) is 5.78 Å². The second-order valence-corrected chi connectivity index (χ2v) is 9.23. The highest BCUT2D eigenvalue weighted by Crippen LogP contribution is 2.30. The zero-order valence-corrected chi connectivity index (χ0v) is 21.1. The molecule has 0 saturated carbocycles. The van der Waals surface area contributed by atoms with Crippen LogP contribution in [0.3, 0.4) is 0 Å². The number of pyridine rings is 1. The standard InChI is InChI=1S/C27H27F4N3O5/c1-13(2)8-22(27(37)38)33-6-3-7-39-15-10-20(30)23(21(31)11-15)17-12-18(25(32)34-26(17)36)24(35)16-5-4-14(28)9-19(16)29/h4-5,9-13,22,33H,3,6-8H2,1-2H3,(H,37,38)(H3,32,34,36)/t22-/m1/s1. The van der Waals surface area contributed by atoms with Crippen molar-refractivity contribution in [2.24, 2.45) is 5.92 Å². The first-order valence-corrected chi connectivity index (χ1v) is 12.0. The maximum Gasteiger partial charge on any atom is 0.320 e. The molecule has 0 aliphatic heterocycles. The van der Waals surface area contributed by atoms with Crippen LogP contribution < -0.4 is 21.3 Å². The number of nitrogen functional groups attached to an aromatic ring is 1. The smallest absolute Gasteiger partial charge is 0.320 e. The molecule has 3 aromatic rings. The SMILES string of the molecule is CC(C)C[C@@H](NCCCOc1cc(F)c(-c2cc(C(=O)c3ccc(F)cc3F)c(N)[nH]c2=O)c(F)c1)C(=O)O. The van der Waals surface area contributed by atoms with Crippen LogP contribution >= 0.6 is 0 Å². The number of ether oxygens (including phenoxy) is 1. The number of hydrogen-bond donors (Lipinski definition) is 4. The summed E-state index contributed by atoms with van der Waals surface area (Å²) in [6.45, 7) is 4.11. The van der Waals surface area contributed by atoms with Gasteiger partial charge in [0.25, 0.3) is 5.56 Å². The molecule has 39 heavy (non-hydrogen) atoms. The van der Waals surface area contributed by atoms with Crippen molar-refractivity contribution in [3.8, 4) is 16.9 Å². The Bertz CT molecular complexity index is 1420. The number of nitrogens with one attached hydrogen (secondary N) is 2. The summed E-state index contributed by atoms with van der Waals surface area (Å²) in [4.78, 5) is 38.7. The van der Waals surface area contributed by atoms with Gasteiger partial charge < -0.3 is 25.9 Å². The van der Waals surface area contributed by atoms with E-state index in [1.807, 2.05) is 13.8 Å². The average Bonchev–Trinajstić information content (AvgIpc) is 2.83. The number of carbonyl (C=O) groups is 2. The van der Waals surface area contributed by atoms with Gasteiger partial charge in [0.05, 0.1) is 28.9 Å². The quantitative estimate of drug-likeness (QED) is 0.151. The zero-order valence-electron chi connectivity index (χ0n) is 21.1. The minimum absolute atomic E-state index is 0.0174. The minimum Gasteiger partial charge on any atom is -0.493 e. The molecule has 0 fully saturated rings. The molecule has 0 radical (unpaired) electrons. The van der Waals surface area contributed by atoms with E-state index >= 15 is 0 Å². The van der Waals surface area contributed by atoms with E-state index in [1.165, 1.54) is 0 Å². The first kappa shape index (κ1) is 29.4. The molecule has 0 aliphatic rings. The number of nitrogens with two attached hydrogens (primary N) is 1. The first-order chi connectivity index (χ1) is 18.4. The number of benzene rings is 2. The molecule has 208 valence electrons. The van der Waals surface area contributed by atoms with Gasteiger partial charge in [0.1, 0.15) is 40.9 Å². The summed E-state index contributed by atoms with van der Waals surface area (Å²) in [5.41, 5.74) is 2.36. The second kappa shape index (κ2) is 12.6. The predicted molar refractivity (Wildman–Crippen MR) is 136 cm³/mol. The Morgan fingerprint density at radius 3 is 2.28 bits per heavy atom. The Morgan fingerprint density at radius 2 is 1.69 bits per heavy atom. The number of aromatic amines is 1. The molecule has 12 heteroatoms. The number of anilines is 1. The van der Waals surface area contributed by atoms with E-state index < -0.39 is 74.7 Å². The Morgan fingerprint density at radius 1 is 1.03 bits per heavy atom. The molecule has 0 unspecified atom stereocenters. The molecular weight excluding hydrogens is 522 g/mol. The van der Waals surface area contributed by atoms with Crippen LogP contribution in [0.4, 0.5) is 23.4 Å². The first-order valence-electron chi connectivity index (χ1n) is 12.0. The predicted octanol–water partition coefficient (Wildman–Crippen LogP) is 4.27. The average molecular weight is 550 g/mol. The second-order valence-electron chi connectivity index (χ2n) is 9.23. The van der Waals surface area contributed by atoms with Crippen LogP contribution in [-0.4, -0.2) is 41.0 Å². The fourth-order valence-corrected chi connectivity index (χ4v) is 3.91. The topological polar surface area (TPSA) is 135 Å². The molecule has 1 atom stereocenters. The monoisotopic (exact) mass is 549 g/mol. The Balaban J connectivity index is 1.78. The van der Waals surface area contributed by atoms with Crippen LogP contribution in [0.1, 0.15) is 42.6 Å². The van der Waals surface area contributed by atoms with Crippen molar-refractivity contribution >= 4 is 17.6 Å². The van der Waals surface area contributed by atoms with E-state index in [0.29, 0.717) is 25.5 Å². The van der Waals surface area contributed by atoms with Crippen molar-refractivity contribution < 1.29 is 37.0 Å². The molecule has 3 rings (SSSR count). The Kier molecular flexibility index (Phi) is 9.47. The largest absolute Gasteiger partial charge is 0.493 e. The molecule has 0 spiro atoms. The fourth-order valence-electron chi connectivity index (χ4n) is 3.91. The maximum atomic E-state index is 15.0. The molecule has 8 nitrogen and oxygen atoms in total. The van der Waals surface area contributed by atoms with E-state index in [9.17, 15) is 37.1 Å². The molecule has 0 amide bonds. The van der Waals surface area contributed by atoms with Crippen LogP contribution in [0.5, 0.6) is 5.75 Å². The number of halogens is 4. The summed E-state index contributed by atoms with van der Waals surface area (Å²) in [5, 5.41) is 12.1. The summed E-state index contributed by atoms with van der Waals surface area (Å²) < 4.78 is 62.7. The third kappa shape index (κ3) is 7.23. The number of carbonyl (C=O) groups excluding carboxylic acids is 1. The number of aromatic nitrogens is 1. The molecule has 5 N–H and O–H groups in total. The van der Waals surface area contributed by atoms with Crippen LogP contribution in [0.2, 0.25) is 0 Å². The lowest BCUT2D eigenvalue weighted by molar-refractivity contribution is -0.139. The van der Waals surface area contributed by atoms with E-state index in [0.717, 1.165) is 30.3 Å². The van der Waals surface area contributed by atoms with Crippen molar-refractivity contribution in [3.63, 3.8) is 0 Å². The van der Waals surface area contributed by atoms with Gasteiger partial charge in [-0.15, -0.1) is 0 Å². The fraction of sp³-hybridized carbons (Fsp3) is 0.296. The van der Waals surface area contributed by atoms with Gasteiger partial charge in [0.2, 0.25) is 0 Å². The lowest BCUT2D eigenvalue weighted by Crippen LogP contribution is -2.38. The maximum absolute atomic E-state index is 15.0. The molecule has 1 aromatic heterocycles. The molecule has 1 heterocycles. The van der Waals surface area contributed by atoms with Gasteiger partial charge in [-0.05, 0) is 43.5 Å². The van der Waals surface area contributed by atoms with Crippen molar-refractivity contribution in [1.29, 1.82) is 0 Å². The van der Waals surface area contributed by atoms with E-state index in [2.05, 4.69) is 10.3 Å². The minimum atomic E-state index is -1.18. The van der Waals surface area contributed by atoms with E-state index in [1.54, 1.807) is 0 Å². The van der Waals surface area contributed by atoms with Crippen molar-refractivity contribution in [3.05, 3.63) is 81.1 Å². The number of hydrogen-bond acceptors (Lipinski definition) is 6. The summed E-state index contributed by atoms with van der Waals surface area (Å²) >= 11 is 0. The number of carboxylic acid groups (broad SMARTS) is 1. The zero-order chi connectivity index (χ0) is 28.9. The van der Waals surface area contributed by atoms with Gasteiger partial charge in [-0.1, -0.05) is 13.8 Å². The van der Waals surface area contributed by atoms with Gasteiger partial charge in [-0.2, -0.15) is 0 Å². The molecule has 2 aromatic carbocycles. The number of aliphatic carboxylic acids is 1. The molecule has 0 saturated heterocycles. The van der Waals surface area contributed by atoms with Crippen molar-refractivity contribution in [1.82, 2.24) is 10.3 Å². The summed E-state index contributed by atoms with van der Waals surface area (Å²) in [5.74, 6) is -6.93. The molecular formula is C27H27F4N3O5. The number of H-pyrrole nitrogens is 1. The van der Waals surface area contributed by atoms with E-state index in [-0.39, 0.29) is 18.3 Å². The van der Waals surface area contributed by atoms with Gasteiger partial charge in [-0.25, -0.2) is 17.6 Å². The summed E-state index contributed by atoms with van der Waals surface area (Å²) in [6, 6.07) is 4.02. The lowest BCUT2D eigenvalue weighted by atomic mass is 9.98. The third-order valence-corrected chi connectivity index (χ3v) is 5.76. The van der Waals surface area contributed by atoms with Gasteiger partial charge >= 0.3 is 5.97 Å². The highest BCUT2D eigenvalue weighted by Gasteiger charge is 2.23. The highest BCUT2D eigenvalue weighted by molar-refractivity contribution is 6.12. The van der Waals surface area contributed by atoms with Crippen molar-refractivity contribution in [2.75, 3.05) is 18.9 Å². The van der Waals surface area contributed by atoms with Crippen LogP contribution in [0, 0.1) is 29.2 Å².